The molecule has 0 aromatic rings. The predicted molar refractivity (Wildman–Crippen MR) is 46.1 cm³/mol. The normalized spacial score (nSPS) is 9.83. The first-order chi connectivity index (χ1) is 5.81. The fraction of sp³-hybridized carbons (Fsp3) is 0.857. The van der Waals surface area contributed by atoms with Gasteiger partial charge in [-0.25, -0.2) is 5.43 Å². The summed E-state index contributed by atoms with van der Waals surface area (Å²) in [5.41, 5.74) is 10.7. The molecule has 0 bridgehead atoms. The Balaban J connectivity index is 3.03. The fourth-order valence-corrected chi connectivity index (χ4v) is 0.715. The van der Waals surface area contributed by atoms with E-state index in [2.05, 4.69) is 10.9 Å². The van der Waals surface area contributed by atoms with Crippen molar-refractivity contribution in [3.8, 4) is 0 Å². The highest BCUT2D eigenvalue weighted by Crippen LogP contribution is 1.90. The summed E-state index contributed by atoms with van der Waals surface area (Å²) in [5.74, 6) is -0.146. The van der Waals surface area contributed by atoms with Crippen LogP contribution in [0.25, 0.3) is 0 Å². The van der Waals surface area contributed by atoms with Crippen LogP contribution in [0.5, 0.6) is 0 Å². The fourth-order valence-electron chi connectivity index (χ4n) is 0.715. The average Bonchev–Trinajstić information content (AvgIpc) is 2.05. The van der Waals surface area contributed by atoms with Gasteiger partial charge in [0.1, 0.15) is 0 Å². The molecule has 0 aromatic carbocycles. The van der Waals surface area contributed by atoms with E-state index >= 15 is 0 Å². The van der Waals surface area contributed by atoms with Crippen molar-refractivity contribution in [3.63, 3.8) is 0 Å². The van der Waals surface area contributed by atoms with Gasteiger partial charge in [-0.05, 0) is 13.3 Å². The molecule has 0 rings (SSSR count). The molecule has 0 saturated carbocycles. The Morgan fingerprint density at radius 3 is 2.83 bits per heavy atom. The third kappa shape index (κ3) is 7.46. The minimum Gasteiger partial charge on any atom is -0.466 e. The smallest absolute Gasteiger partial charge is 0.305 e. The van der Waals surface area contributed by atoms with Crippen LogP contribution in [0.3, 0.4) is 0 Å². The molecule has 0 unspecified atom stereocenters. The highest BCUT2D eigenvalue weighted by molar-refractivity contribution is 5.69. The van der Waals surface area contributed by atoms with E-state index in [0.717, 1.165) is 13.0 Å². The Morgan fingerprint density at radius 1 is 1.50 bits per heavy atom. The molecule has 12 heavy (non-hydrogen) atoms. The lowest BCUT2D eigenvalue weighted by Crippen LogP contribution is -2.37. The molecule has 4 N–H and O–H groups in total. The molecule has 0 spiro atoms. The molecule has 5 heteroatoms. The summed E-state index contributed by atoms with van der Waals surface area (Å²) in [7, 11) is 0. The van der Waals surface area contributed by atoms with E-state index in [1.165, 1.54) is 0 Å². The number of hydrogen-bond acceptors (Lipinski definition) is 5. The highest BCUT2D eigenvalue weighted by Gasteiger charge is 1.99. The van der Waals surface area contributed by atoms with Crippen molar-refractivity contribution < 1.29 is 9.53 Å². The van der Waals surface area contributed by atoms with E-state index in [1.807, 2.05) is 0 Å². The monoisotopic (exact) mass is 175 g/mol. The summed E-state index contributed by atoms with van der Waals surface area (Å²) in [4.78, 5) is 10.8. The summed E-state index contributed by atoms with van der Waals surface area (Å²) >= 11 is 0. The zero-order valence-corrected chi connectivity index (χ0v) is 7.43. The molecule has 0 aliphatic rings. The second-order valence-corrected chi connectivity index (χ2v) is 2.22. The number of esters is 1. The van der Waals surface area contributed by atoms with E-state index in [1.54, 1.807) is 6.92 Å². The van der Waals surface area contributed by atoms with Gasteiger partial charge in [0, 0.05) is 13.0 Å². The number of ether oxygens (including phenoxy) is 1. The Labute approximate surface area is 72.6 Å². The lowest BCUT2D eigenvalue weighted by atomic mass is 10.3. The Bertz CT molecular complexity index is 119. The van der Waals surface area contributed by atoms with Crippen LogP contribution in [0.15, 0.2) is 0 Å². The number of nitrogens with one attached hydrogen (secondary N) is 2. The van der Waals surface area contributed by atoms with Crippen molar-refractivity contribution in [1.82, 2.24) is 10.9 Å². The Morgan fingerprint density at radius 2 is 2.25 bits per heavy atom. The molecular weight excluding hydrogens is 158 g/mol. The van der Waals surface area contributed by atoms with Crippen molar-refractivity contribution >= 4 is 5.97 Å². The molecule has 0 saturated heterocycles. The summed E-state index contributed by atoms with van der Waals surface area (Å²) in [6.07, 6.45) is 1.21. The molecule has 0 aliphatic heterocycles. The van der Waals surface area contributed by atoms with Crippen LogP contribution in [0.4, 0.5) is 0 Å². The number of carbonyl (C=O) groups excluding carboxylic acids is 1. The van der Waals surface area contributed by atoms with Crippen molar-refractivity contribution in [3.05, 3.63) is 0 Å². The molecule has 72 valence electrons. The number of nitrogens with two attached hydrogens (primary N) is 1. The van der Waals surface area contributed by atoms with Crippen molar-refractivity contribution in [1.29, 1.82) is 0 Å². The Kier molecular flexibility index (Phi) is 7.99. The van der Waals surface area contributed by atoms with Gasteiger partial charge in [0.25, 0.3) is 0 Å². The molecule has 0 aromatic heterocycles. The van der Waals surface area contributed by atoms with E-state index in [4.69, 9.17) is 10.5 Å². The van der Waals surface area contributed by atoms with Crippen molar-refractivity contribution in [2.24, 2.45) is 5.73 Å². The van der Waals surface area contributed by atoms with Gasteiger partial charge in [-0.1, -0.05) is 0 Å². The van der Waals surface area contributed by atoms with E-state index in [0.29, 0.717) is 19.7 Å². The summed E-state index contributed by atoms with van der Waals surface area (Å²) in [6, 6.07) is 0. The van der Waals surface area contributed by atoms with Crippen LogP contribution in [0.1, 0.15) is 19.8 Å². The first-order valence-corrected chi connectivity index (χ1v) is 4.12. The van der Waals surface area contributed by atoms with Crippen LogP contribution in [0, 0.1) is 0 Å². The summed E-state index contributed by atoms with van der Waals surface area (Å²) < 4.78 is 4.74. The first kappa shape index (κ1) is 11.4. The first-order valence-electron chi connectivity index (χ1n) is 4.12. The van der Waals surface area contributed by atoms with E-state index in [9.17, 15) is 4.79 Å². The minimum atomic E-state index is -0.146. The molecule has 0 aliphatic carbocycles. The third-order valence-corrected chi connectivity index (χ3v) is 1.22. The molecule has 0 radical (unpaired) electrons. The SMILES string of the molecule is CCOC(=O)CCCNNCN. The average molecular weight is 175 g/mol. The van der Waals surface area contributed by atoms with Gasteiger partial charge in [0.15, 0.2) is 0 Å². The maximum Gasteiger partial charge on any atom is 0.305 e. The molecule has 0 fully saturated rings. The topological polar surface area (TPSA) is 76.4 Å². The van der Waals surface area contributed by atoms with Crippen LogP contribution < -0.4 is 16.6 Å². The van der Waals surface area contributed by atoms with Gasteiger partial charge in [0.2, 0.25) is 0 Å². The predicted octanol–water partition coefficient (Wildman–Crippen LogP) is -0.660. The van der Waals surface area contributed by atoms with Crippen LogP contribution in [-0.2, 0) is 9.53 Å². The van der Waals surface area contributed by atoms with Gasteiger partial charge in [-0.2, -0.15) is 0 Å². The maximum atomic E-state index is 10.8. The standard InChI is InChI=1S/C7H17N3O2/c1-2-12-7(11)4-3-5-9-10-6-8/h9-10H,2-6,8H2,1H3. The summed E-state index contributed by atoms with van der Waals surface area (Å²) in [5, 5.41) is 0. The quantitative estimate of drug-likeness (QED) is 0.207. The zero-order valence-electron chi connectivity index (χ0n) is 7.43. The number of carbonyl (C=O) groups is 1. The molecule has 0 amide bonds. The van der Waals surface area contributed by atoms with Gasteiger partial charge in [-0.3, -0.25) is 10.2 Å². The third-order valence-electron chi connectivity index (χ3n) is 1.22. The maximum absolute atomic E-state index is 10.8. The van der Waals surface area contributed by atoms with E-state index in [-0.39, 0.29) is 5.97 Å². The van der Waals surface area contributed by atoms with Gasteiger partial charge in [0.05, 0.1) is 13.3 Å². The lowest BCUT2D eigenvalue weighted by molar-refractivity contribution is -0.143. The minimum absolute atomic E-state index is 0.146. The molecular formula is C7H17N3O2. The second-order valence-electron chi connectivity index (χ2n) is 2.22. The van der Waals surface area contributed by atoms with Gasteiger partial charge in [-0.15, -0.1) is 0 Å². The molecule has 0 atom stereocenters. The second kappa shape index (κ2) is 8.45. The lowest BCUT2D eigenvalue weighted by Gasteiger charge is -2.03. The van der Waals surface area contributed by atoms with Crippen LogP contribution in [-0.4, -0.2) is 25.8 Å². The van der Waals surface area contributed by atoms with Crippen LogP contribution >= 0.6 is 0 Å². The van der Waals surface area contributed by atoms with Crippen LogP contribution in [0.2, 0.25) is 0 Å². The largest absolute Gasteiger partial charge is 0.466 e. The zero-order chi connectivity index (χ0) is 9.23. The molecule has 5 nitrogen and oxygen atoms in total. The highest BCUT2D eigenvalue weighted by atomic mass is 16.5. The number of rotatable bonds is 7. The summed E-state index contributed by atoms with van der Waals surface area (Å²) in [6.45, 7) is 3.36. The number of hydrazine groups is 1. The van der Waals surface area contributed by atoms with Crippen molar-refractivity contribution in [2.75, 3.05) is 19.8 Å². The molecule has 0 heterocycles. The van der Waals surface area contributed by atoms with Crippen molar-refractivity contribution in [2.45, 2.75) is 19.8 Å². The van der Waals surface area contributed by atoms with Gasteiger partial charge >= 0.3 is 5.97 Å². The number of hydrogen-bond donors (Lipinski definition) is 3. The Hall–Kier alpha value is -0.650. The van der Waals surface area contributed by atoms with E-state index < -0.39 is 0 Å². The van der Waals surface area contributed by atoms with Gasteiger partial charge < -0.3 is 10.5 Å².